The van der Waals surface area contributed by atoms with Crippen molar-refractivity contribution in [2.24, 2.45) is 0 Å². The van der Waals surface area contributed by atoms with Gasteiger partial charge in [-0.2, -0.15) is 0 Å². The second-order valence-electron chi connectivity index (χ2n) is 6.88. The topological polar surface area (TPSA) is 61.4 Å². The van der Waals surface area contributed by atoms with Crippen molar-refractivity contribution in [1.82, 2.24) is 10.2 Å². The van der Waals surface area contributed by atoms with Gasteiger partial charge in [0, 0.05) is 37.0 Å². The number of rotatable bonds is 4. The maximum absolute atomic E-state index is 13.3. The highest BCUT2D eigenvalue weighted by molar-refractivity contribution is 6.04. The number of hydrogen-bond acceptors (Lipinski definition) is 3. The third kappa shape index (κ3) is 4.92. The molecule has 2 aromatic rings. The molecule has 5 nitrogen and oxygen atoms in total. The van der Waals surface area contributed by atoms with Gasteiger partial charge in [-0.05, 0) is 49.7 Å². The highest BCUT2D eigenvalue weighted by Gasteiger charge is 2.22. The van der Waals surface area contributed by atoms with Gasteiger partial charge >= 0.3 is 0 Å². The van der Waals surface area contributed by atoms with Crippen molar-refractivity contribution in [3.8, 4) is 0 Å². The Morgan fingerprint density at radius 3 is 2.39 bits per heavy atom. The lowest BCUT2D eigenvalue weighted by Gasteiger charge is -2.24. The van der Waals surface area contributed by atoms with Gasteiger partial charge in [-0.1, -0.05) is 12.1 Å². The number of hydrogen-bond donors (Lipinski definition) is 2. The SMILES string of the molecule is CC(C(=O)N1CCCNCC1)c1ccc(NC(=O)c2cc(F)cc(F)c2)cc1. The van der Waals surface area contributed by atoms with E-state index < -0.39 is 17.5 Å². The minimum Gasteiger partial charge on any atom is -0.341 e. The maximum Gasteiger partial charge on any atom is 0.255 e. The molecule has 0 saturated carbocycles. The molecule has 1 atom stereocenters. The zero-order chi connectivity index (χ0) is 20.1. The van der Waals surface area contributed by atoms with Gasteiger partial charge in [-0.15, -0.1) is 0 Å². The van der Waals surface area contributed by atoms with Crippen LogP contribution in [0.5, 0.6) is 0 Å². The van der Waals surface area contributed by atoms with Gasteiger partial charge in [0.2, 0.25) is 5.91 Å². The molecule has 2 aromatic carbocycles. The zero-order valence-electron chi connectivity index (χ0n) is 15.7. The second kappa shape index (κ2) is 8.93. The lowest BCUT2D eigenvalue weighted by atomic mass is 9.99. The molecule has 1 heterocycles. The Balaban J connectivity index is 1.65. The van der Waals surface area contributed by atoms with E-state index in [4.69, 9.17) is 0 Å². The molecule has 0 aromatic heterocycles. The smallest absolute Gasteiger partial charge is 0.255 e. The minimum atomic E-state index is -0.809. The average molecular weight is 387 g/mol. The Morgan fingerprint density at radius 1 is 1.04 bits per heavy atom. The number of carbonyl (C=O) groups is 2. The molecule has 0 spiro atoms. The average Bonchev–Trinajstić information content (AvgIpc) is 2.96. The van der Waals surface area contributed by atoms with Gasteiger partial charge in [0.25, 0.3) is 5.91 Å². The number of benzene rings is 2. The van der Waals surface area contributed by atoms with Crippen LogP contribution in [0.3, 0.4) is 0 Å². The van der Waals surface area contributed by atoms with Crippen LogP contribution in [0.15, 0.2) is 42.5 Å². The van der Waals surface area contributed by atoms with Crippen LogP contribution in [0.1, 0.15) is 35.2 Å². The Labute approximate surface area is 162 Å². The molecule has 28 heavy (non-hydrogen) atoms. The van der Waals surface area contributed by atoms with Crippen molar-refractivity contribution < 1.29 is 18.4 Å². The molecular formula is C21H23F2N3O2. The van der Waals surface area contributed by atoms with Crippen molar-refractivity contribution in [3.63, 3.8) is 0 Å². The van der Waals surface area contributed by atoms with Gasteiger partial charge in [0.1, 0.15) is 11.6 Å². The summed E-state index contributed by atoms with van der Waals surface area (Å²) >= 11 is 0. The van der Waals surface area contributed by atoms with Crippen LogP contribution in [-0.4, -0.2) is 42.9 Å². The Bertz CT molecular complexity index is 827. The molecule has 1 unspecified atom stereocenters. The molecule has 2 N–H and O–H groups in total. The predicted molar refractivity (Wildman–Crippen MR) is 103 cm³/mol. The summed E-state index contributed by atoms with van der Waals surface area (Å²) in [7, 11) is 0. The molecule has 0 bridgehead atoms. The molecule has 2 amide bonds. The van der Waals surface area contributed by atoms with E-state index in [1.807, 2.05) is 11.8 Å². The summed E-state index contributed by atoms with van der Waals surface area (Å²) in [5, 5.41) is 5.88. The zero-order valence-corrected chi connectivity index (χ0v) is 15.7. The van der Waals surface area contributed by atoms with Gasteiger partial charge < -0.3 is 15.5 Å². The van der Waals surface area contributed by atoms with Crippen molar-refractivity contribution in [2.45, 2.75) is 19.3 Å². The van der Waals surface area contributed by atoms with Crippen LogP contribution >= 0.6 is 0 Å². The van der Waals surface area contributed by atoms with Crippen LogP contribution in [0.2, 0.25) is 0 Å². The van der Waals surface area contributed by atoms with E-state index >= 15 is 0 Å². The fraction of sp³-hybridized carbons (Fsp3) is 0.333. The maximum atomic E-state index is 13.3. The van der Waals surface area contributed by atoms with Gasteiger partial charge in [0.15, 0.2) is 0 Å². The molecule has 0 aliphatic carbocycles. The predicted octanol–water partition coefficient (Wildman–Crippen LogP) is 3.14. The Hall–Kier alpha value is -2.80. The van der Waals surface area contributed by atoms with Crippen molar-refractivity contribution in [2.75, 3.05) is 31.5 Å². The summed E-state index contributed by atoms with van der Waals surface area (Å²) < 4.78 is 26.5. The van der Waals surface area contributed by atoms with E-state index in [1.165, 1.54) is 0 Å². The first kappa shape index (κ1) is 19.9. The molecule has 148 valence electrons. The highest BCUT2D eigenvalue weighted by atomic mass is 19.1. The van der Waals surface area contributed by atoms with E-state index in [1.54, 1.807) is 24.3 Å². The number of amides is 2. The number of carbonyl (C=O) groups excluding carboxylic acids is 2. The third-order valence-corrected chi connectivity index (χ3v) is 4.82. The van der Waals surface area contributed by atoms with Crippen LogP contribution in [0.4, 0.5) is 14.5 Å². The fourth-order valence-electron chi connectivity index (χ4n) is 3.23. The summed E-state index contributed by atoms with van der Waals surface area (Å²) in [4.78, 5) is 26.8. The van der Waals surface area contributed by atoms with E-state index in [0.717, 1.165) is 43.8 Å². The molecule has 1 fully saturated rings. The minimum absolute atomic E-state index is 0.0794. The van der Waals surface area contributed by atoms with Gasteiger partial charge in [-0.25, -0.2) is 8.78 Å². The molecule has 3 rings (SSSR count). The normalized spacial score (nSPS) is 15.6. The highest BCUT2D eigenvalue weighted by Crippen LogP contribution is 2.21. The Kier molecular flexibility index (Phi) is 6.36. The van der Waals surface area contributed by atoms with Crippen LogP contribution in [-0.2, 0) is 4.79 Å². The van der Waals surface area contributed by atoms with Crippen LogP contribution < -0.4 is 10.6 Å². The summed E-state index contributed by atoms with van der Waals surface area (Å²) in [5.41, 5.74) is 1.23. The van der Waals surface area contributed by atoms with Crippen LogP contribution in [0, 0.1) is 11.6 Å². The summed E-state index contributed by atoms with van der Waals surface area (Å²) in [6, 6.07) is 9.58. The summed E-state index contributed by atoms with van der Waals surface area (Å²) in [6.45, 7) is 5.02. The molecule has 7 heteroatoms. The van der Waals surface area contributed by atoms with Gasteiger partial charge in [-0.3, -0.25) is 9.59 Å². The van der Waals surface area contributed by atoms with E-state index in [0.29, 0.717) is 18.3 Å². The summed E-state index contributed by atoms with van der Waals surface area (Å²) in [6.07, 6.45) is 0.935. The largest absolute Gasteiger partial charge is 0.341 e. The van der Waals surface area contributed by atoms with E-state index in [2.05, 4.69) is 10.6 Å². The lowest BCUT2D eigenvalue weighted by Crippen LogP contribution is -2.36. The molecule has 1 aliphatic rings. The van der Waals surface area contributed by atoms with E-state index in [9.17, 15) is 18.4 Å². The Morgan fingerprint density at radius 2 is 1.71 bits per heavy atom. The standard InChI is InChI=1S/C21H23F2N3O2/c1-14(21(28)26-9-2-7-24-8-10-26)15-3-5-19(6-4-15)25-20(27)16-11-17(22)13-18(23)12-16/h3-6,11-14,24H,2,7-10H2,1H3,(H,25,27). The molecule has 1 aliphatic heterocycles. The third-order valence-electron chi connectivity index (χ3n) is 4.82. The number of anilines is 1. The molecular weight excluding hydrogens is 364 g/mol. The van der Waals surface area contributed by atoms with Crippen molar-refractivity contribution in [3.05, 3.63) is 65.2 Å². The van der Waals surface area contributed by atoms with Crippen molar-refractivity contribution >= 4 is 17.5 Å². The monoisotopic (exact) mass is 387 g/mol. The van der Waals surface area contributed by atoms with Crippen molar-refractivity contribution in [1.29, 1.82) is 0 Å². The van der Waals surface area contributed by atoms with Gasteiger partial charge in [0.05, 0.1) is 5.92 Å². The summed E-state index contributed by atoms with van der Waals surface area (Å²) in [5.74, 6) is -2.43. The quantitative estimate of drug-likeness (QED) is 0.847. The lowest BCUT2D eigenvalue weighted by molar-refractivity contribution is -0.132. The first-order valence-electron chi connectivity index (χ1n) is 9.31. The number of halogens is 2. The molecule has 0 radical (unpaired) electrons. The fourth-order valence-corrected chi connectivity index (χ4v) is 3.23. The first-order chi connectivity index (χ1) is 13.4. The first-order valence-corrected chi connectivity index (χ1v) is 9.31. The number of nitrogens with zero attached hydrogens (tertiary/aromatic N) is 1. The number of nitrogens with one attached hydrogen (secondary N) is 2. The molecule has 1 saturated heterocycles. The van der Waals surface area contributed by atoms with Crippen LogP contribution in [0.25, 0.3) is 0 Å². The van der Waals surface area contributed by atoms with E-state index in [-0.39, 0.29) is 17.4 Å². The second-order valence-corrected chi connectivity index (χ2v) is 6.88.